The van der Waals surface area contributed by atoms with Crippen LogP contribution in [0.2, 0.25) is 0 Å². The van der Waals surface area contributed by atoms with Crippen LogP contribution in [0.1, 0.15) is 5.69 Å². The molecule has 0 aliphatic heterocycles. The van der Waals surface area contributed by atoms with E-state index in [1.165, 1.54) is 6.07 Å². The lowest BCUT2D eigenvalue weighted by molar-refractivity contribution is 0.454. The van der Waals surface area contributed by atoms with E-state index < -0.39 is 28.6 Å². The predicted octanol–water partition coefficient (Wildman–Crippen LogP) is 0.675. The van der Waals surface area contributed by atoms with Crippen LogP contribution < -0.4 is 11.3 Å². The molecular weight excluding hydrogens is 244 g/mol. The van der Waals surface area contributed by atoms with E-state index >= 15 is 0 Å². The highest BCUT2D eigenvalue weighted by Gasteiger charge is 2.15. The summed E-state index contributed by atoms with van der Waals surface area (Å²) in [6.07, 6.45) is 0. The number of aromatic hydroxyl groups is 1. The fourth-order valence-electron chi connectivity index (χ4n) is 1.48. The zero-order valence-electron chi connectivity index (χ0n) is 9.10. The van der Waals surface area contributed by atoms with E-state index in [0.29, 0.717) is 4.68 Å². The lowest BCUT2D eigenvalue weighted by atomic mass is 10.3. The van der Waals surface area contributed by atoms with Crippen LogP contribution in [0.4, 0.5) is 8.78 Å². The minimum absolute atomic E-state index is 0.0303. The number of aromatic nitrogens is 2. The lowest BCUT2D eigenvalue weighted by Crippen LogP contribution is -2.24. The van der Waals surface area contributed by atoms with Gasteiger partial charge in [-0.2, -0.15) is 9.78 Å². The van der Waals surface area contributed by atoms with Crippen LogP contribution in [0.25, 0.3) is 5.69 Å². The Morgan fingerprint density at radius 3 is 2.50 bits per heavy atom. The maximum atomic E-state index is 13.5. The summed E-state index contributed by atoms with van der Waals surface area (Å²) in [5.74, 6) is -2.27. The van der Waals surface area contributed by atoms with Crippen LogP contribution in [-0.2, 0) is 6.54 Å². The number of nitrogens with zero attached hydrogens (tertiary/aromatic N) is 2. The Hall–Kier alpha value is -2.28. The molecule has 0 fully saturated rings. The van der Waals surface area contributed by atoms with Gasteiger partial charge in [0.15, 0.2) is 11.6 Å². The van der Waals surface area contributed by atoms with Crippen molar-refractivity contribution < 1.29 is 13.9 Å². The quantitative estimate of drug-likeness (QED) is 0.824. The fourth-order valence-corrected chi connectivity index (χ4v) is 1.48. The van der Waals surface area contributed by atoms with Gasteiger partial charge in [-0.1, -0.05) is 6.07 Å². The summed E-state index contributed by atoms with van der Waals surface area (Å²) < 4.78 is 27.6. The Kier molecular flexibility index (Phi) is 3.07. The molecule has 2 rings (SSSR count). The standard InChI is InChI=1S/C11H9F2N3O2/c12-6-2-1-3-7(13)11(6)16-10(18)4-9(17)8(5-14)15-16/h1-4,17H,5,14H2. The molecule has 0 radical (unpaired) electrons. The summed E-state index contributed by atoms with van der Waals surface area (Å²) in [4.78, 5) is 11.6. The third-order valence-corrected chi connectivity index (χ3v) is 2.33. The average molecular weight is 253 g/mol. The highest BCUT2D eigenvalue weighted by atomic mass is 19.1. The van der Waals surface area contributed by atoms with Gasteiger partial charge >= 0.3 is 0 Å². The number of hydrogen-bond donors (Lipinski definition) is 2. The summed E-state index contributed by atoms with van der Waals surface area (Å²) >= 11 is 0. The zero-order valence-corrected chi connectivity index (χ0v) is 9.10. The van der Waals surface area contributed by atoms with Gasteiger partial charge in [0.1, 0.15) is 17.1 Å². The molecule has 0 amide bonds. The maximum absolute atomic E-state index is 13.5. The number of benzene rings is 1. The van der Waals surface area contributed by atoms with Crippen molar-refractivity contribution in [1.29, 1.82) is 0 Å². The van der Waals surface area contributed by atoms with Crippen LogP contribution in [0.15, 0.2) is 29.1 Å². The molecule has 3 N–H and O–H groups in total. The zero-order chi connectivity index (χ0) is 13.3. The summed E-state index contributed by atoms with van der Waals surface area (Å²) in [5, 5.41) is 13.0. The van der Waals surface area contributed by atoms with Gasteiger partial charge in [0.25, 0.3) is 5.56 Å². The summed E-state index contributed by atoms with van der Waals surface area (Å²) in [6.45, 7) is -0.164. The molecule has 0 spiro atoms. The average Bonchev–Trinajstić information content (AvgIpc) is 2.31. The Labute approximate surface area is 100 Å². The van der Waals surface area contributed by atoms with Gasteiger partial charge in [-0.25, -0.2) is 8.78 Å². The number of halogens is 2. The third kappa shape index (κ3) is 1.95. The molecule has 0 bridgehead atoms. The smallest absolute Gasteiger partial charge is 0.275 e. The molecule has 7 heteroatoms. The van der Waals surface area contributed by atoms with Crippen LogP contribution in [0.3, 0.4) is 0 Å². The van der Waals surface area contributed by atoms with Gasteiger partial charge in [0.2, 0.25) is 0 Å². The first-order valence-corrected chi connectivity index (χ1v) is 5.01. The molecule has 1 heterocycles. The molecule has 0 saturated heterocycles. The van der Waals surface area contributed by atoms with Gasteiger partial charge < -0.3 is 10.8 Å². The first-order chi connectivity index (χ1) is 8.54. The van der Waals surface area contributed by atoms with Gasteiger partial charge in [-0.05, 0) is 12.1 Å². The minimum atomic E-state index is -0.932. The monoisotopic (exact) mass is 253 g/mol. The van der Waals surface area contributed by atoms with E-state index in [0.717, 1.165) is 18.2 Å². The van der Waals surface area contributed by atoms with Crippen molar-refractivity contribution >= 4 is 0 Å². The van der Waals surface area contributed by atoms with E-state index in [2.05, 4.69) is 5.10 Å². The van der Waals surface area contributed by atoms with Crippen molar-refractivity contribution in [3.63, 3.8) is 0 Å². The van der Waals surface area contributed by atoms with Crippen LogP contribution >= 0.6 is 0 Å². The van der Waals surface area contributed by atoms with Crippen LogP contribution in [-0.4, -0.2) is 14.9 Å². The number of hydrogen-bond acceptors (Lipinski definition) is 4. The van der Waals surface area contributed by atoms with E-state index in [4.69, 9.17) is 5.73 Å². The van der Waals surface area contributed by atoms with Gasteiger partial charge in [-0.15, -0.1) is 0 Å². The number of nitrogens with two attached hydrogens (primary N) is 1. The summed E-state index contributed by atoms with van der Waals surface area (Å²) in [5.41, 5.74) is 3.82. The fraction of sp³-hybridized carbons (Fsp3) is 0.0909. The second kappa shape index (κ2) is 4.53. The first-order valence-electron chi connectivity index (χ1n) is 5.01. The summed E-state index contributed by atoms with van der Waals surface area (Å²) in [6, 6.07) is 3.98. The van der Waals surface area contributed by atoms with E-state index in [1.54, 1.807) is 0 Å². The molecule has 1 aromatic carbocycles. The van der Waals surface area contributed by atoms with Crippen molar-refractivity contribution in [1.82, 2.24) is 9.78 Å². The van der Waals surface area contributed by atoms with E-state index in [1.807, 2.05) is 0 Å². The predicted molar refractivity (Wildman–Crippen MR) is 59.3 cm³/mol. The molecule has 18 heavy (non-hydrogen) atoms. The largest absolute Gasteiger partial charge is 0.506 e. The third-order valence-electron chi connectivity index (χ3n) is 2.33. The maximum Gasteiger partial charge on any atom is 0.275 e. The summed E-state index contributed by atoms with van der Waals surface area (Å²) in [7, 11) is 0. The van der Waals surface area contributed by atoms with Gasteiger partial charge in [-0.3, -0.25) is 4.79 Å². The van der Waals surface area contributed by atoms with Crippen molar-refractivity contribution in [3.05, 3.63) is 51.9 Å². The number of rotatable bonds is 2. The van der Waals surface area contributed by atoms with E-state index in [9.17, 15) is 18.7 Å². The van der Waals surface area contributed by atoms with Gasteiger partial charge in [0.05, 0.1) is 0 Å². The molecule has 0 saturated carbocycles. The molecule has 2 aromatic rings. The molecule has 0 aliphatic carbocycles. The normalized spacial score (nSPS) is 10.6. The van der Waals surface area contributed by atoms with Crippen molar-refractivity contribution in [2.24, 2.45) is 5.73 Å². The topological polar surface area (TPSA) is 81.1 Å². The SMILES string of the molecule is NCc1nn(-c2c(F)cccc2F)c(=O)cc1O. The molecular formula is C11H9F2N3O2. The minimum Gasteiger partial charge on any atom is -0.506 e. The van der Waals surface area contributed by atoms with Crippen molar-refractivity contribution in [2.45, 2.75) is 6.54 Å². The molecule has 0 aliphatic rings. The van der Waals surface area contributed by atoms with E-state index in [-0.39, 0.29) is 12.2 Å². The Balaban J connectivity index is 2.75. The van der Waals surface area contributed by atoms with Crippen LogP contribution in [0, 0.1) is 11.6 Å². The molecule has 94 valence electrons. The highest BCUT2D eigenvalue weighted by Crippen LogP contribution is 2.17. The van der Waals surface area contributed by atoms with Crippen LogP contribution in [0.5, 0.6) is 5.75 Å². The number of para-hydroxylation sites is 1. The molecule has 5 nitrogen and oxygen atoms in total. The first kappa shape index (κ1) is 12.2. The van der Waals surface area contributed by atoms with Gasteiger partial charge in [0, 0.05) is 12.6 Å². The van der Waals surface area contributed by atoms with Crippen molar-refractivity contribution in [2.75, 3.05) is 0 Å². The Morgan fingerprint density at radius 1 is 1.33 bits per heavy atom. The molecule has 0 atom stereocenters. The second-order valence-corrected chi connectivity index (χ2v) is 3.50. The molecule has 0 unspecified atom stereocenters. The molecule has 1 aromatic heterocycles. The second-order valence-electron chi connectivity index (χ2n) is 3.50. The Morgan fingerprint density at radius 2 is 1.94 bits per heavy atom. The van der Waals surface area contributed by atoms with Crippen molar-refractivity contribution in [3.8, 4) is 11.4 Å². The lowest BCUT2D eigenvalue weighted by Gasteiger charge is -2.09. The Bertz CT molecular complexity index is 635. The highest BCUT2D eigenvalue weighted by molar-refractivity contribution is 5.35.